The van der Waals surface area contributed by atoms with E-state index >= 15 is 0 Å². The lowest BCUT2D eigenvalue weighted by molar-refractivity contribution is 0.194. The van der Waals surface area contributed by atoms with Gasteiger partial charge in [0, 0.05) is 12.6 Å². The SMILES string of the molecule is CCCN(CCO)CCCNC1CC1. The molecule has 0 amide bonds. The van der Waals surface area contributed by atoms with Crippen LogP contribution in [-0.4, -0.2) is 48.8 Å². The summed E-state index contributed by atoms with van der Waals surface area (Å²) in [5.74, 6) is 0. The Morgan fingerprint density at radius 1 is 1.29 bits per heavy atom. The molecule has 0 aromatic carbocycles. The highest BCUT2D eigenvalue weighted by Crippen LogP contribution is 2.18. The molecule has 0 radical (unpaired) electrons. The van der Waals surface area contributed by atoms with Crippen molar-refractivity contribution in [2.24, 2.45) is 0 Å². The van der Waals surface area contributed by atoms with E-state index in [1.807, 2.05) is 0 Å². The molecule has 0 aromatic heterocycles. The van der Waals surface area contributed by atoms with Crippen LogP contribution in [0.4, 0.5) is 0 Å². The van der Waals surface area contributed by atoms with Crippen LogP contribution in [0.3, 0.4) is 0 Å². The van der Waals surface area contributed by atoms with Crippen molar-refractivity contribution in [3.05, 3.63) is 0 Å². The summed E-state index contributed by atoms with van der Waals surface area (Å²) in [5, 5.41) is 12.4. The molecule has 84 valence electrons. The first-order valence-corrected chi connectivity index (χ1v) is 5.93. The van der Waals surface area contributed by atoms with Crippen LogP contribution in [0.15, 0.2) is 0 Å². The Morgan fingerprint density at radius 2 is 2.07 bits per heavy atom. The molecule has 1 aliphatic rings. The number of aliphatic hydroxyl groups excluding tert-OH is 1. The maximum Gasteiger partial charge on any atom is 0.0558 e. The van der Waals surface area contributed by atoms with E-state index in [0.717, 1.165) is 32.2 Å². The second-order valence-corrected chi connectivity index (χ2v) is 4.15. The van der Waals surface area contributed by atoms with Gasteiger partial charge in [-0.15, -0.1) is 0 Å². The van der Waals surface area contributed by atoms with Gasteiger partial charge < -0.3 is 15.3 Å². The molecule has 0 saturated heterocycles. The van der Waals surface area contributed by atoms with Crippen LogP contribution in [0.5, 0.6) is 0 Å². The van der Waals surface area contributed by atoms with Crippen molar-refractivity contribution >= 4 is 0 Å². The van der Waals surface area contributed by atoms with E-state index in [1.54, 1.807) is 0 Å². The fourth-order valence-corrected chi connectivity index (χ4v) is 1.69. The lowest BCUT2D eigenvalue weighted by Gasteiger charge is -2.20. The number of aliphatic hydroxyl groups is 1. The van der Waals surface area contributed by atoms with Crippen molar-refractivity contribution in [2.45, 2.75) is 38.6 Å². The summed E-state index contributed by atoms with van der Waals surface area (Å²) in [7, 11) is 0. The molecular weight excluding hydrogens is 176 g/mol. The minimum atomic E-state index is 0.288. The zero-order chi connectivity index (χ0) is 10.2. The van der Waals surface area contributed by atoms with Crippen molar-refractivity contribution in [2.75, 3.05) is 32.8 Å². The van der Waals surface area contributed by atoms with Crippen LogP contribution in [-0.2, 0) is 0 Å². The van der Waals surface area contributed by atoms with Gasteiger partial charge in [-0.05, 0) is 45.3 Å². The number of hydrogen-bond donors (Lipinski definition) is 2. The van der Waals surface area contributed by atoms with Crippen LogP contribution in [0.25, 0.3) is 0 Å². The van der Waals surface area contributed by atoms with Crippen LogP contribution in [0.2, 0.25) is 0 Å². The van der Waals surface area contributed by atoms with Crippen molar-refractivity contribution < 1.29 is 5.11 Å². The Balaban J connectivity index is 1.93. The largest absolute Gasteiger partial charge is 0.395 e. The highest BCUT2D eigenvalue weighted by atomic mass is 16.3. The standard InChI is InChI=1S/C11H24N2O/c1-2-7-13(9-10-14)8-3-6-12-11-4-5-11/h11-12,14H,2-10H2,1H3. The first kappa shape index (κ1) is 12.0. The third-order valence-electron chi connectivity index (χ3n) is 2.62. The quantitative estimate of drug-likeness (QED) is 0.541. The zero-order valence-corrected chi connectivity index (χ0v) is 9.34. The van der Waals surface area contributed by atoms with Crippen molar-refractivity contribution in [1.82, 2.24) is 10.2 Å². The molecule has 1 aliphatic carbocycles. The molecule has 1 fully saturated rings. The summed E-state index contributed by atoms with van der Waals surface area (Å²) < 4.78 is 0. The van der Waals surface area contributed by atoms with E-state index < -0.39 is 0 Å². The summed E-state index contributed by atoms with van der Waals surface area (Å²) in [4.78, 5) is 2.34. The van der Waals surface area contributed by atoms with Crippen molar-refractivity contribution in [3.8, 4) is 0 Å². The van der Waals surface area contributed by atoms with Crippen LogP contribution < -0.4 is 5.32 Å². The van der Waals surface area contributed by atoms with Crippen molar-refractivity contribution in [3.63, 3.8) is 0 Å². The highest BCUT2D eigenvalue weighted by molar-refractivity contribution is 4.80. The van der Waals surface area contributed by atoms with E-state index in [2.05, 4.69) is 17.1 Å². The first-order chi connectivity index (χ1) is 6.86. The molecule has 1 rings (SSSR count). The number of rotatable bonds is 9. The number of nitrogens with zero attached hydrogens (tertiary/aromatic N) is 1. The third-order valence-corrected chi connectivity index (χ3v) is 2.62. The monoisotopic (exact) mass is 200 g/mol. The topological polar surface area (TPSA) is 35.5 Å². The molecule has 14 heavy (non-hydrogen) atoms. The van der Waals surface area contributed by atoms with Gasteiger partial charge in [0.1, 0.15) is 0 Å². The molecular formula is C11H24N2O. The summed E-state index contributed by atoms with van der Waals surface area (Å²) >= 11 is 0. The number of nitrogens with one attached hydrogen (secondary N) is 1. The molecule has 3 heteroatoms. The molecule has 3 nitrogen and oxygen atoms in total. The molecule has 0 unspecified atom stereocenters. The van der Waals surface area contributed by atoms with Gasteiger partial charge in [0.15, 0.2) is 0 Å². The minimum absolute atomic E-state index is 0.288. The van der Waals surface area contributed by atoms with E-state index in [9.17, 15) is 0 Å². The Bertz CT molecular complexity index is 131. The van der Waals surface area contributed by atoms with Gasteiger partial charge in [-0.1, -0.05) is 6.92 Å². The summed E-state index contributed by atoms with van der Waals surface area (Å²) in [5.41, 5.74) is 0. The van der Waals surface area contributed by atoms with Gasteiger partial charge in [-0.25, -0.2) is 0 Å². The van der Waals surface area contributed by atoms with E-state index in [1.165, 1.54) is 25.7 Å². The summed E-state index contributed by atoms with van der Waals surface area (Å²) in [6, 6.07) is 0.826. The predicted octanol–water partition coefficient (Wildman–Crippen LogP) is 0.833. The van der Waals surface area contributed by atoms with Gasteiger partial charge in [-0.3, -0.25) is 0 Å². The fraction of sp³-hybridized carbons (Fsp3) is 1.00. The third kappa shape index (κ3) is 5.58. The van der Waals surface area contributed by atoms with E-state index in [-0.39, 0.29) is 6.61 Å². The molecule has 0 bridgehead atoms. The second kappa shape index (κ2) is 7.21. The van der Waals surface area contributed by atoms with Gasteiger partial charge in [0.05, 0.1) is 6.61 Å². The molecule has 0 aromatic rings. The first-order valence-electron chi connectivity index (χ1n) is 5.93. The lowest BCUT2D eigenvalue weighted by Crippen LogP contribution is -2.31. The zero-order valence-electron chi connectivity index (χ0n) is 9.34. The summed E-state index contributed by atoms with van der Waals surface area (Å²) in [6.07, 6.45) is 5.12. The molecule has 0 aliphatic heterocycles. The second-order valence-electron chi connectivity index (χ2n) is 4.15. The Hall–Kier alpha value is -0.120. The smallest absolute Gasteiger partial charge is 0.0558 e. The van der Waals surface area contributed by atoms with Crippen LogP contribution >= 0.6 is 0 Å². The van der Waals surface area contributed by atoms with Gasteiger partial charge in [0.25, 0.3) is 0 Å². The molecule has 0 atom stereocenters. The van der Waals surface area contributed by atoms with Gasteiger partial charge >= 0.3 is 0 Å². The average Bonchev–Trinajstić information content (AvgIpc) is 2.96. The van der Waals surface area contributed by atoms with Crippen LogP contribution in [0.1, 0.15) is 32.6 Å². The Morgan fingerprint density at radius 3 is 2.64 bits per heavy atom. The maximum atomic E-state index is 8.86. The summed E-state index contributed by atoms with van der Waals surface area (Å²) in [6.45, 7) is 6.68. The molecule has 0 heterocycles. The molecule has 0 spiro atoms. The fourth-order valence-electron chi connectivity index (χ4n) is 1.69. The Kier molecular flexibility index (Phi) is 6.15. The Labute approximate surface area is 87.5 Å². The van der Waals surface area contributed by atoms with Crippen LogP contribution in [0, 0.1) is 0 Å². The van der Waals surface area contributed by atoms with Gasteiger partial charge in [-0.2, -0.15) is 0 Å². The minimum Gasteiger partial charge on any atom is -0.395 e. The highest BCUT2D eigenvalue weighted by Gasteiger charge is 2.19. The maximum absolute atomic E-state index is 8.86. The lowest BCUT2D eigenvalue weighted by atomic mass is 10.3. The van der Waals surface area contributed by atoms with Crippen molar-refractivity contribution in [1.29, 1.82) is 0 Å². The normalized spacial score (nSPS) is 16.5. The van der Waals surface area contributed by atoms with E-state index in [0.29, 0.717) is 0 Å². The average molecular weight is 200 g/mol. The molecule has 2 N–H and O–H groups in total. The van der Waals surface area contributed by atoms with Gasteiger partial charge in [0.2, 0.25) is 0 Å². The van der Waals surface area contributed by atoms with E-state index in [4.69, 9.17) is 5.11 Å². The predicted molar refractivity (Wildman–Crippen MR) is 59.5 cm³/mol. The molecule has 1 saturated carbocycles. The number of hydrogen-bond acceptors (Lipinski definition) is 3.